The van der Waals surface area contributed by atoms with E-state index in [0.29, 0.717) is 17.5 Å². The number of nitrogens with one attached hydrogen (secondary N) is 1. The van der Waals surface area contributed by atoms with Crippen LogP contribution in [0.2, 0.25) is 0 Å². The lowest BCUT2D eigenvalue weighted by Gasteiger charge is -2.25. The summed E-state index contributed by atoms with van der Waals surface area (Å²) in [5, 5.41) is 15.8. The third-order valence-corrected chi connectivity index (χ3v) is 6.02. The number of alkyl halides is 3. The highest BCUT2D eigenvalue weighted by atomic mass is 35.5. The number of ether oxygens (including phenoxy) is 1. The molecule has 0 amide bonds. The van der Waals surface area contributed by atoms with Crippen LogP contribution in [0.15, 0.2) is 54.6 Å². The summed E-state index contributed by atoms with van der Waals surface area (Å²) >= 11 is 0. The molecule has 0 saturated heterocycles. The molecule has 1 aliphatic carbocycles. The number of hydrogen-bond acceptors (Lipinski definition) is 4. The highest BCUT2D eigenvalue weighted by molar-refractivity contribution is 5.85. The molecule has 1 saturated carbocycles. The second kappa shape index (κ2) is 9.03. The summed E-state index contributed by atoms with van der Waals surface area (Å²) in [6.07, 6.45) is -2.09. The summed E-state index contributed by atoms with van der Waals surface area (Å²) in [5.74, 6) is 1.74. The highest BCUT2D eigenvalue weighted by Crippen LogP contribution is 2.40. The topological polar surface area (TPSA) is 68.6 Å². The van der Waals surface area contributed by atoms with Crippen LogP contribution in [0.4, 0.5) is 13.2 Å². The third-order valence-electron chi connectivity index (χ3n) is 6.02. The molecular formula is C25H25ClF3N5O. The van der Waals surface area contributed by atoms with Gasteiger partial charge < -0.3 is 9.30 Å². The van der Waals surface area contributed by atoms with E-state index in [4.69, 9.17) is 4.74 Å². The van der Waals surface area contributed by atoms with Gasteiger partial charge in [-0.25, -0.2) is 0 Å². The van der Waals surface area contributed by atoms with Crippen LogP contribution in [-0.4, -0.2) is 25.0 Å². The van der Waals surface area contributed by atoms with E-state index in [2.05, 4.69) is 26.5 Å². The highest BCUT2D eigenvalue weighted by Gasteiger charge is 2.36. The van der Waals surface area contributed by atoms with Crippen LogP contribution in [0.5, 0.6) is 5.75 Å². The summed E-state index contributed by atoms with van der Waals surface area (Å²) < 4.78 is 48.2. The molecule has 1 aliphatic rings. The van der Waals surface area contributed by atoms with Gasteiger partial charge in [-0.05, 0) is 63.1 Å². The Labute approximate surface area is 207 Å². The first-order valence-corrected chi connectivity index (χ1v) is 11.0. The lowest BCUT2D eigenvalue weighted by atomic mass is 10.1. The zero-order valence-corrected chi connectivity index (χ0v) is 20.2. The zero-order valence-electron chi connectivity index (χ0n) is 19.4. The fourth-order valence-electron chi connectivity index (χ4n) is 4.14. The lowest BCUT2D eigenvalue weighted by molar-refractivity contribution is -0.137. The number of nitrogens with zero attached hydrogens (tertiary/aromatic N) is 4. The molecule has 0 unspecified atom stereocenters. The number of H-pyrrole nitrogens is 1. The molecule has 0 spiro atoms. The Morgan fingerprint density at radius 3 is 2.34 bits per heavy atom. The minimum absolute atomic E-state index is 0. The second-order valence-corrected chi connectivity index (χ2v) is 9.07. The smallest absolute Gasteiger partial charge is 0.417 e. The molecule has 35 heavy (non-hydrogen) atoms. The average Bonchev–Trinajstić information content (AvgIpc) is 3.38. The molecule has 0 bridgehead atoms. The zero-order chi connectivity index (χ0) is 24.1. The van der Waals surface area contributed by atoms with Crippen LogP contribution < -0.4 is 4.74 Å². The van der Waals surface area contributed by atoms with Crippen LogP contribution in [0.25, 0.3) is 22.6 Å². The first kappa shape index (κ1) is 24.8. The Balaban J connectivity index is 0.00000289. The number of halogens is 4. The molecule has 5 rings (SSSR count). The van der Waals surface area contributed by atoms with Crippen molar-refractivity contribution < 1.29 is 17.9 Å². The van der Waals surface area contributed by atoms with Gasteiger partial charge in [0.2, 0.25) is 0 Å². The number of benzene rings is 2. The monoisotopic (exact) mass is 503 g/mol. The fraction of sp³-hybridized carbons (Fsp3) is 0.320. The molecule has 2 aromatic carbocycles. The number of rotatable bonds is 6. The van der Waals surface area contributed by atoms with Crippen molar-refractivity contribution in [3.8, 4) is 28.4 Å². The van der Waals surface area contributed by atoms with Gasteiger partial charge in [-0.2, -0.15) is 18.3 Å². The van der Waals surface area contributed by atoms with Gasteiger partial charge in [0.25, 0.3) is 0 Å². The quantitative estimate of drug-likeness (QED) is 0.326. The summed E-state index contributed by atoms with van der Waals surface area (Å²) in [6, 6.07) is 15.0. The molecule has 1 fully saturated rings. The van der Waals surface area contributed by atoms with E-state index in [1.54, 1.807) is 31.5 Å². The summed E-state index contributed by atoms with van der Waals surface area (Å²) in [5.41, 5.74) is 1.30. The van der Waals surface area contributed by atoms with Crippen LogP contribution in [0, 0.1) is 0 Å². The first-order chi connectivity index (χ1) is 16.1. The van der Waals surface area contributed by atoms with E-state index in [0.717, 1.165) is 17.3 Å². The van der Waals surface area contributed by atoms with E-state index in [1.807, 2.05) is 24.3 Å². The molecule has 6 nitrogen and oxygen atoms in total. The van der Waals surface area contributed by atoms with Crippen molar-refractivity contribution in [1.29, 1.82) is 0 Å². The Bertz CT molecular complexity index is 1320. The molecule has 184 valence electrons. The van der Waals surface area contributed by atoms with Gasteiger partial charge in [0.05, 0.1) is 11.3 Å². The van der Waals surface area contributed by atoms with Gasteiger partial charge in [0, 0.05) is 29.8 Å². The fourth-order valence-corrected chi connectivity index (χ4v) is 4.14. The van der Waals surface area contributed by atoms with Crippen LogP contribution in [-0.2, 0) is 18.8 Å². The molecule has 0 aliphatic heterocycles. The predicted molar refractivity (Wildman–Crippen MR) is 128 cm³/mol. The Kier molecular flexibility index (Phi) is 6.40. The molecule has 4 aromatic rings. The van der Waals surface area contributed by atoms with Gasteiger partial charge >= 0.3 is 6.18 Å². The molecule has 0 atom stereocenters. The predicted octanol–water partition coefficient (Wildman–Crippen LogP) is 6.50. The van der Waals surface area contributed by atoms with E-state index in [-0.39, 0.29) is 23.8 Å². The van der Waals surface area contributed by atoms with Gasteiger partial charge in [-0.3, -0.25) is 5.10 Å². The van der Waals surface area contributed by atoms with Crippen molar-refractivity contribution in [2.75, 3.05) is 0 Å². The van der Waals surface area contributed by atoms with Crippen molar-refractivity contribution >= 4 is 12.4 Å². The number of hydrogen-bond donors (Lipinski definition) is 1. The summed E-state index contributed by atoms with van der Waals surface area (Å²) in [7, 11) is 1.64. The third kappa shape index (κ3) is 4.91. The molecule has 10 heteroatoms. The van der Waals surface area contributed by atoms with E-state index >= 15 is 0 Å². The van der Waals surface area contributed by atoms with E-state index in [9.17, 15) is 13.2 Å². The minimum atomic E-state index is -4.50. The van der Waals surface area contributed by atoms with Crippen molar-refractivity contribution in [3.05, 3.63) is 71.7 Å². The Hall–Kier alpha value is -3.33. The second-order valence-electron chi connectivity index (χ2n) is 9.07. The van der Waals surface area contributed by atoms with Gasteiger partial charge in [0.1, 0.15) is 5.75 Å². The molecule has 2 heterocycles. The summed E-state index contributed by atoms with van der Waals surface area (Å²) in [4.78, 5) is 0. The Morgan fingerprint density at radius 1 is 1.00 bits per heavy atom. The molecule has 0 radical (unpaired) electrons. The van der Waals surface area contributed by atoms with Crippen molar-refractivity contribution in [2.45, 2.75) is 44.4 Å². The molecule has 1 N–H and O–H groups in total. The van der Waals surface area contributed by atoms with Crippen LogP contribution in [0.1, 0.15) is 49.7 Å². The normalized spacial score (nSPS) is 14.0. The van der Waals surface area contributed by atoms with Gasteiger partial charge in [0.15, 0.2) is 17.2 Å². The SMILES string of the molecule is Cl.Cn1c(-c2ccccc2C(F)(F)F)nnc1C(C)(C)Oc1ccc(-c2cc(C3CC3)[nH]n2)cc1. The largest absolute Gasteiger partial charge is 0.480 e. The maximum absolute atomic E-state index is 13.5. The van der Waals surface area contributed by atoms with Crippen LogP contribution in [0.3, 0.4) is 0 Å². The van der Waals surface area contributed by atoms with E-state index in [1.165, 1.54) is 30.7 Å². The van der Waals surface area contributed by atoms with Gasteiger partial charge in [-0.15, -0.1) is 22.6 Å². The standard InChI is InChI=1S/C25H24F3N5O.ClH/c1-24(2,23-32-31-22(33(23)3)18-6-4-5-7-19(18)25(26,27)28)34-17-12-10-16(11-13-17)21-14-20(29-30-21)15-8-9-15;/h4-7,10-15H,8-9H2,1-3H3,(H,29,30);1H. The van der Waals surface area contributed by atoms with Gasteiger partial charge in [-0.1, -0.05) is 18.2 Å². The van der Waals surface area contributed by atoms with Crippen molar-refractivity contribution in [2.24, 2.45) is 7.05 Å². The number of aromatic amines is 1. The number of aromatic nitrogens is 5. The minimum Gasteiger partial charge on any atom is -0.480 e. The van der Waals surface area contributed by atoms with Crippen molar-refractivity contribution in [1.82, 2.24) is 25.0 Å². The summed E-state index contributed by atoms with van der Waals surface area (Å²) in [6.45, 7) is 3.61. The maximum Gasteiger partial charge on any atom is 0.417 e. The van der Waals surface area contributed by atoms with Crippen LogP contribution >= 0.6 is 12.4 Å². The molecular weight excluding hydrogens is 479 g/mol. The van der Waals surface area contributed by atoms with Crippen molar-refractivity contribution in [3.63, 3.8) is 0 Å². The first-order valence-electron chi connectivity index (χ1n) is 11.0. The van der Waals surface area contributed by atoms with E-state index < -0.39 is 17.3 Å². The Morgan fingerprint density at radius 2 is 1.69 bits per heavy atom. The maximum atomic E-state index is 13.5. The average molecular weight is 504 g/mol. The molecule has 2 aromatic heterocycles. The lowest BCUT2D eigenvalue weighted by Crippen LogP contribution is -2.29.